The van der Waals surface area contributed by atoms with Crippen LogP contribution in [-0.4, -0.2) is 27.4 Å². The van der Waals surface area contributed by atoms with Gasteiger partial charge >= 0.3 is 0 Å². The molecule has 5 heteroatoms. The van der Waals surface area contributed by atoms with Crippen molar-refractivity contribution in [3.63, 3.8) is 0 Å². The molecule has 3 heterocycles. The van der Waals surface area contributed by atoms with Crippen LogP contribution in [0.2, 0.25) is 0 Å². The summed E-state index contributed by atoms with van der Waals surface area (Å²) in [5, 5.41) is 4.15. The van der Waals surface area contributed by atoms with Gasteiger partial charge in [-0.2, -0.15) is 0 Å². The third kappa shape index (κ3) is 2.73. The van der Waals surface area contributed by atoms with E-state index in [0.717, 1.165) is 69.6 Å². The fraction of sp³-hybridized carbons (Fsp3) is 0.409. The highest BCUT2D eigenvalue weighted by Gasteiger charge is 2.25. The van der Waals surface area contributed by atoms with Gasteiger partial charge in [0.15, 0.2) is 0 Å². The SMILES string of the molecule is CC1=NCC(C)=C1c1cc(-c2c(C)noc2C)cc2[nH]c(CC3CC3)nc12. The lowest BCUT2D eigenvalue weighted by Gasteiger charge is -2.10. The maximum atomic E-state index is 5.42. The van der Waals surface area contributed by atoms with E-state index in [1.54, 1.807) is 0 Å². The van der Waals surface area contributed by atoms with Gasteiger partial charge in [-0.1, -0.05) is 5.16 Å². The van der Waals surface area contributed by atoms with Crippen LogP contribution in [0.1, 0.15) is 49.5 Å². The number of allylic oxidation sites excluding steroid dienone is 1. The average molecular weight is 360 g/mol. The molecule has 0 radical (unpaired) electrons. The molecule has 5 nitrogen and oxygen atoms in total. The molecular weight excluding hydrogens is 336 g/mol. The third-order valence-corrected chi connectivity index (χ3v) is 5.75. The van der Waals surface area contributed by atoms with Crippen LogP contribution in [0.25, 0.3) is 27.7 Å². The van der Waals surface area contributed by atoms with Crippen LogP contribution >= 0.6 is 0 Å². The van der Waals surface area contributed by atoms with Crippen molar-refractivity contribution >= 4 is 22.3 Å². The van der Waals surface area contributed by atoms with Gasteiger partial charge in [-0.3, -0.25) is 4.99 Å². The van der Waals surface area contributed by atoms with Crippen molar-refractivity contribution in [2.24, 2.45) is 10.9 Å². The second kappa shape index (κ2) is 5.91. The maximum Gasteiger partial charge on any atom is 0.141 e. The summed E-state index contributed by atoms with van der Waals surface area (Å²) in [6, 6.07) is 4.42. The summed E-state index contributed by atoms with van der Waals surface area (Å²) >= 11 is 0. The number of nitrogens with zero attached hydrogens (tertiary/aromatic N) is 3. The van der Waals surface area contributed by atoms with E-state index in [1.807, 2.05) is 13.8 Å². The fourth-order valence-electron chi connectivity index (χ4n) is 4.22. The summed E-state index contributed by atoms with van der Waals surface area (Å²) in [5.74, 6) is 2.74. The van der Waals surface area contributed by atoms with E-state index in [2.05, 4.69) is 41.1 Å². The van der Waals surface area contributed by atoms with Gasteiger partial charge in [-0.05, 0) is 69.7 Å². The van der Waals surface area contributed by atoms with Crippen molar-refractivity contribution in [3.05, 3.63) is 40.5 Å². The molecule has 1 saturated carbocycles. The van der Waals surface area contributed by atoms with E-state index >= 15 is 0 Å². The standard InChI is InChI=1S/C22H24N4O/c1-11-10-23-12(2)20(11)17-8-16(21-13(3)26-27-14(21)4)9-18-22(17)25-19(24-18)7-15-5-6-15/h8-9,15H,5-7,10H2,1-4H3,(H,24,25). The van der Waals surface area contributed by atoms with Crippen LogP contribution < -0.4 is 0 Å². The van der Waals surface area contributed by atoms with Gasteiger partial charge in [0.2, 0.25) is 0 Å². The normalized spacial score (nSPS) is 17.3. The summed E-state index contributed by atoms with van der Waals surface area (Å²) in [6.07, 6.45) is 3.69. The molecule has 0 atom stereocenters. The van der Waals surface area contributed by atoms with Crippen LogP contribution in [0.15, 0.2) is 27.2 Å². The van der Waals surface area contributed by atoms with Gasteiger partial charge in [-0.25, -0.2) is 4.98 Å². The Balaban J connectivity index is 1.76. The van der Waals surface area contributed by atoms with Gasteiger partial charge in [0, 0.05) is 28.8 Å². The summed E-state index contributed by atoms with van der Waals surface area (Å²) in [4.78, 5) is 13.2. The predicted octanol–water partition coefficient (Wildman–Crippen LogP) is 5.04. The van der Waals surface area contributed by atoms with E-state index in [4.69, 9.17) is 9.51 Å². The van der Waals surface area contributed by atoms with Crippen molar-refractivity contribution in [2.45, 2.75) is 47.0 Å². The minimum absolute atomic E-state index is 0.775. The monoisotopic (exact) mass is 360 g/mol. The first-order valence-electron chi connectivity index (χ1n) is 9.68. The molecule has 5 rings (SSSR count). The zero-order chi connectivity index (χ0) is 18.7. The van der Waals surface area contributed by atoms with Crippen molar-refractivity contribution in [1.82, 2.24) is 15.1 Å². The molecule has 27 heavy (non-hydrogen) atoms. The van der Waals surface area contributed by atoms with Crippen molar-refractivity contribution < 1.29 is 4.52 Å². The van der Waals surface area contributed by atoms with E-state index in [9.17, 15) is 0 Å². The molecule has 0 unspecified atom stereocenters. The molecule has 1 aromatic carbocycles. The smallest absolute Gasteiger partial charge is 0.141 e. The Morgan fingerprint density at radius 3 is 2.59 bits per heavy atom. The first-order valence-corrected chi connectivity index (χ1v) is 9.68. The highest BCUT2D eigenvalue weighted by Crippen LogP contribution is 2.38. The van der Waals surface area contributed by atoms with Crippen molar-refractivity contribution in [1.29, 1.82) is 0 Å². The first kappa shape index (κ1) is 16.5. The van der Waals surface area contributed by atoms with Crippen LogP contribution in [-0.2, 0) is 6.42 Å². The third-order valence-electron chi connectivity index (χ3n) is 5.75. The van der Waals surface area contributed by atoms with Crippen LogP contribution in [0, 0.1) is 19.8 Å². The van der Waals surface area contributed by atoms with Gasteiger partial charge in [0.1, 0.15) is 11.6 Å². The summed E-state index contributed by atoms with van der Waals surface area (Å²) in [6.45, 7) is 9.00. The van der Waals surface area contributed by atoms with Gasteiger partial charge in [0.05, 0.1) is 23.3 Å². The minimum Gasteiger partial charge on any atom is -0.361 e. The summed E-state index contributed by atoms with van der Waals surface area (Å²) < 4.78 is 5.42. The van der Waals surface area contributed by atoms with E-state index in [1.165, 1.54) is 24.0 Å². The molecule has 0 saturated heterocycles. The Hall–Kier alpha value is -2.69. The Morgan fingerprint density at radius 2 is 1.96 bits per heavy atom. The van der Waals surface area contributed by atoms with E-state index in [0.29, 0.717) is 0 Å². The number of imidazole rings is 1. The van der Waals surface area contributed by atoms with Crippen molar-refractivity contribution in [2.75, 3.05) is 6.54 Å². The molecule has 0 spiro atoms. The molecule has 1 aliphatic heterocycles. The highest BCUT2D eigenvalue weighted by molar-refractivity contribution is 6.27. The Morgan fingerprint density at radius 1 is 1.15 bits per heavy atom. The molecule has 3 aromatic rings. The fourth-order valence-corrected chi connectivity index (χ4v) is 4.22. The van der Waals surface area contributed by atoms with Crippen LogP contribution in [0.4, 0.5) is 0 Å². The van der Waals surface area contributed by atoms with E-state index in [-0.39, 0.29) is 0 Å². The molecule has 1 N–H and O–H groups in total. The highest BCUT2D eigenvalue weighted by atomic mass is 16.5. The molecule has 2 aliphatic rings. The van der Waals surface area contributed by atoms with Gasteiger partial charge in [-0.15, -0.1) is 0 Å². The lowest BCUT2D eigenvalue weighted by Crippen LogP contribution is -1.97. The van der Waals surface area contributed by atoms with Gasteiger partial charge < -0.3 is 9.51 Å². The number of aliphatic imine (C=N–C) groups is 1. The lowest BCUT2D eigenvalue weighted by atomic mass is 9.93. The first-order chi connectivity index (χ1) is 13.0. The number of hydrogen-bond acceptors (Lipinski definition) is 4. The Labute approximate surface area is 158 Å². The molecule has 138 valence electrons. The largest absolute Gasteiger partial charge is 0.361 e. The number of benzene rings is 1. The van der Waals surface area contributed by atoms with Crippen LogP contribution in [0.3, 0.4) is 0 Å². The number of aromatic amines is 1. The Kier molecular flexibility index (Phi) is 3.61. The molecule has 1 fully saturated rings. The second-order valence-corrected chi connectivity index (χ2v) is 8.01. The minimum atomic E-state index is 0.775. The number of nitrogens with one attached hydrogen (secondary N) is 1. The number of rotatable bonds is 4. The second-order valence-electron chi connectivity index (χ2n) is 8.01. The van der Waals surface area contributed by atoms with E-state index < -0.39 is 0 Å². The van der Waals surface area contributed by atoms with Crippen LogP contribution in [0.5, 0.6) is 0 Å². The molecule has 0 bridgehead atoms. The number of aryl methyl sites for hydroxylation is 2. The maximum absolute atomic E-state index is 5.42. The number of hydrogen-bond donors (Lipinski definition) is 1. The Bertz CT molecular complexity index is 1110. The molecule has 2 aromatic heterocycles. The average Bonchev–Trinajstić information content (AvgIpc) is 3.10. The summed E-state index contributed by atoms with van der Waals surface area (Å²) in [5.41, 5.74) is 10.0. The quantitative estimate of drug-likeness (QED) is 0.709. The predicted molar refractivity (Wildman–Crippen MR) is 108 cm³/mol. The lowest BCUT2D eigenvalue weighted by molar-refractivity contribution is 0.393. The molecule has 0 amide bonds. The van der Waals surface area contributed by atoms with Gasteiger partial charge in [0.25, 0.3) is 0 Å². The number of fused-ring (bicyclic) bond motifs is 1. The topological polar surface area (TPSA) is 67.1 Å². The zero-order valence-corrected chi connectivity index (χ0v) is 16.3. The van der Waals surface area contributed by atoms with Crippen molar-refractivity contribution in [3.8, 4) is 11.1 Å². The number of H-pyrrole nitrogens is 1. The zero-order valence-electron chi connectivity index (χ0n) is 16.3. The molecule has 1 aliphatic carbocycles. The number of aromatic nitrogens is 3. The summed E-state index contributed by atoms with van der Waals surface area (Å²) in [7, 11) is 0. The molecular formula is C22H24N4O.